The van der Waals surface area contributed by atoms with Gasteiger partial charge in [0.05, 0.1) is 5.52 Å². The minimum atomic E-state index is 0.0505. The van der Waals surface area contributed by atoms with Gasteiger partial charge < -0.3 is 5.32 Å². The van der Waals surface area contributed by atoms with Crippen molar-refractivity contribution in [3.63, 3.8) is 0 Å². The third-order valence-corrected chi connectivity index (χ3v) is 3.44. The van der Waals surface area contributed by atoms with Crippen LogP contribution >= 0.6 is 11.6 Å². The van der Waals surface area contributed by atoms with Crippen LogP contribution in [-0.2, 0) is 5.41 Å². The van der Waals surface area contributed by atoms with Crippen LogP contribution in [-0.4, -0.2) is 11.5 Å². The number of anilines is 1. The van der Waals surface area contributed by atoms with Gasteiger partial charge in [-0.3, -0.25) is 0 Å². The summed E-state index contributed by atoms with van der Waals surface area (Å²) in [4.78, 5) is 4.80. The van der Waals surface area contributed by atoms with Crippen LogP contribution in [0.25, 0.3) is 10.9 Å². The highest BCUT2D eigenvalue weighted by Gasteiger charge is 2.20. The molecule has 0 spiro atoms. The number of fused-ring (bicyclic) bond motifs is 1. The molecule has 2 nitrogen and oxygen atoms in total. The predicted molar refractivity (Wildman–Crippen MR) is 84.4 cm³/mol. The molecule has 0 aliphatic carbocycles. The number of benzene rings is 1. The molecule has 0 atom stereocenters. The molecular weight excluding hydrogens is 256 g/mol. The molecule has 2 aromatic rings. The molecule has 0 unspecified atom stereocenters. The second-order valence-corrected chi connectivity index (χ2v) is 6.40. The zero-order valence-corrected chi connectivity index (χ0v) is 13.0. The van der Waals surface area contributed by atoms with Crippen molar-refractivity contribution in [2.75, 3.05) is 11.9 Å². The number of nitrogens with zero attached hydrogens (tertiary/aromatic N) is 1. The van der Waals surface area contributed by atoms with E-state index in [9.17, 15) is 0 Å². The second-order valence-electron chi connectivity index (χ2n) is 5.96. The lowest BCUT2D eigenvalue weighted by molar-refractivity contribution is 0.590. The largest absolute Gasteiger partial charge is 0.370 e. The van der Waals surface area contributed by atoms with Crippen molar-refractivity contribution in [2.45, 2.75) is 40.0 Å². The minimum Gasteiger partial charge on any atom is -0.370 e. The Morgan fingerprint density at radius 1 is 1.21 bits per heavy atom. The average molecular weight is 277 g/mol. The van der Waals surface area contributed by atoms with Gasteiger partial charge >= 0.3 is 0 Å². The highest BCUT2D eigenvalue weighted by Crippen LogP contribution is 2.33. The maximum absolute atomic E-state index is 6.15. The first kappa shape index (κ1) is 14.1. The fourth-order valence-corrected chi connectivity index (χ4v) is 2.58. The number of rotatable bonds is 2. The molecule has 1 aromatic heterocycles. The molecule has 0 aliphatic heterocycles. The summed E-state index contributed by atoms with van der Waals surface area (Å²) >= 11 is 6.15. The van der Waals surface area contributed by atoms with Crippen molar-refractivity contribution in [2.24, 2.45) is 0 Å². The summed E-state index contributed by atoms with van der Waals surface area (Å²) in [6.07, 6.45) is 0. The fraction of sp³-hybridized carbons (Fsp3) is 0.438. The lowest BCUT2D eigenvalue weighted by Gasteiger charge is -2.23. The Hall–Kier alpha value is -1.28. The van der Waals surface area contributed by atoms with Gasteiger partial charge in [-0.15, -0.1) is 0 Å². The Morgan fingerprint density at radius 2 is 1.89 bits per heavy atom. The Labute approximate surface area is 120 Å². The maximum Gasteiger partial charge on any atom is 0.130 e. The average Bonchev–Trinajstić information content (AvgIpc) is 2.28. The maximum atomic E-state index is 6.15. The molecule has 1 N–H and O–H groups in total. The van der Waals surface area contributed by atoms with Crippen LogP contribution in [0.15, 0.2) is 18.2 Å². The van der Waals surface area contributed by atoms with Crippen LogP contribution in [0.2, 0.25) is 5.02 Å². The molecule has 0 radical (unpaired) electrons. The molecule has 1 heterocycles. The number of hydrogen-bond donors (Lipinski definition) is 1. The van der Waals surface area contributed by atoms with E-state index in [1.54, 1.807) is 0 Å². The Balaban J connectivity index is 2.76. The Bertz CT molecular complexity index is 612. The minimum absolute atomic E-state index is 0.0505. The molecular formula is C16H21ClN2. The topological polar surface area (TPSA) is 24.9 Å². The summed E-state index contributed by atoms with van der Waals surface area (Å²) in [7, 11) is 0. The highest BCUT2D eigenvalue weighted by atomic mass is 35.5. The molecule has 0 saturated carbocycles. The van der Waals surface area contributed by atoms with E-state index in [-0.39, 0.29) is 5.41 Å². The van der Waals surface area contributed by atoms with Crippen molar-refractivity contribution in [3.05, 3.63) is 34.3 Å². The van der Waals surface area contributed by atoms with E-state index in [2.05, 4.69) is 39.1 Å². The SMILES string of the molecule is CCNc1nc2c(C)cc(Cl)cc2cc1C(C)(C)C. The lowest BCUT2D eigenvalue weighted by atomic mass is 9.86. The van der Waals surface area contributed by atoms with E-state index in [0.717, 1.165) is 33.9 Å². The van der Waals surface area contributed by atoms with Crippen LogP contribution in [0, 0.1) is 6.92 Å². The first-order chi connectivity index (χ1) is 8.82. The summed E-state index contributed by atoms with van der Waals surface area (Å²) < 4.78 is 0. The van der Waals surface area contributed by atoms with E-state index in [0.29, 0.717) is 0 Å². The van der Waals surface area contributed by atoms with Crippen molar-refractivity contribution < 1.29 is 0 Å². The third-order valence-electron chi connectivity index (χ3n) is 3.23. The van der Waals surface area contributed by atoms with E-state index in [1.807, 2.05) is 19.1 Å². The van der Waals surface area contributed by atoms with E-state index in [4.69, 9.17) is 16.6 Å². The molecule has 19 heavy (non-hydrogen) atoms. The molecule has 0 saturated heterocycles. The van der Waals surface area contributed by atoms with Gasteiger partial charge in [0.1, 0.15) is 5.82 Å². The molecule has 2 rings (SSSR count). The quantitative estimate of drug-likeness (QED) is 0.842. The number of nitrogens with one attached hydrogen (secondary N) is 1. The Morgan fingerprint density at radius 3 is 2.47 bits per heavy atom. The summed E-state index contributed by atoms with van der Waals surface area (Å²) in [5.74, 6) is 0.980. The highest BCUT2D eigenvalue weighted by molar-refractivity contribution is 6.31. The third kappa shape index (κ3) is 2.84. The Kier molecular flexibility index (Phi) is 3.73. The number of pyridine rings is 1. The molecule has 3 heteroatoms. The van der Waals surface area contributed by atoms with Crippen molar-refractivity contribution in [1.82, 2.24) is 4.98 Å². The van der Waals surface area contributed by atoms with Gasteiger partial charge in [-0.2, -0.15) is 0 Å². The normalized spacial score (nSPS) is 11.9. The van der Waals surface area contributed by atoms with Crippen molar-refractivity contribution in [1.29, 1.82) is 0 Å². The number of hydrogen-bond acceptors (Lipinski definition) is 2. The van der Waals surface area contributed by atoms with Gasteiger partial charge in [-0.25, -0.2) is 4.98 Å². The number of halogens is 1. The summed E-state index contributed by atoms with van der Waals surface area (Å²) in [6.45, 7) is 11.6. The zero-order chi connectivity index (χ0) is 14.2. The first-order valence-corrected chi connectivity index (χ1v) is 7.06. The molecule has 0 bridgehead atoms. The monoisotopic (exact) mass is 276 g/mol. The number of aromatic nitrogens is 1. The van der Waals surface area contributed by atoms with Crippen LogP contribution in [0.3, 0.4) is 0 Å². The van der Waals surface area contributed by atoms with Crippen LogP contribution in [0.1, 0.15) is 38.8 Å². The molecule has 0 amide bonds. The van der Waals surface area contributed by atoms with Gasteiger partial charge in [0, 0.05) is 22.5 Å². The summed E-state index contributed by atoms with van der Waals surface area (Å²) in [5.41, 5.74) is 3.41. The summed E-state index contributed by atoms with van der Waals surface area (Å²) in [6, 6.07) is 6.16. The van der Waals surface area contributed by atoms with Crippen molar-refractivity contribution in [3.8, 4) is 0 Å². The van der Waals surface area contributed by atoms with Gasteiger partial charge in [0.25, 0.3) is 0 Å². The van der Waals surface area contributed by atoms with E-state index < -0.39 is 0 Å². The fourth-order valence-electron chi connectivity index (χ4n) is 2.29. The molecule has 1 aromatic carbocycles. The molecule has 102 valence electrons. The van der Waals surface area contributed by atoms with Crippen LogP contribution in [0.5, 0.6) is 0 Å². The second kappa shape index (κ2) is 5.01. The van der Waals surface area contributed by atoms with Gasteiger partial charge in [-0.1, -0.05) is 32.4 Å². The molecule has 0 fully saturated rings. The smallest absolute Gasteiger partial charge is 0.130 e. The van der Waals surface area contributed by atoms with Gasteiger partial charge in [0.2, 0.25) is 0 Å². The standard InChI is InChI=1S/C16H21ClN2/c1-6-18-15-13(16(3,4)5)9-11-8-12(17)7-10(2)14(11)19-15/h7-9H,6H2,1-5H3,(H,18,19). The van der Waals surface area contributed by atoms with E-state index in [1.165, 1.54) is 5.56 Å². The molecule has 0 aliphatic rings. The van der Waals surface area contributed by atoms with E-state index >= 15 is 0 Å². The first-order valence-electron chi connectivity index (χ1n) is 6.68. The van der Waals surface area contributed by atoms with Gasteiger partial charge in [0.15, 0.2) is 0 Å². The zero-order valence-electron chi connectivity index (χ0n) is 12.3. The van der Waals surface area contributed by atoms with Gasteiger partial charge in [-0.05, 0) is 43.0 Å². The number of aryl methyl sites for hydroxylation is 1. The lowest BCUT2D eigenvalue weighted by Crippen LogP contribution is -2.16. The van der Waals surface area contributed by atoms with Crippen LogP contribution in [0.4, 0.5) is 5.82 Å². The van der Waals surface area contributed by atoms with Crippen LogP contribution < -0.4 is 5.32 Å². The summed E-state index contributed by atoms with van der Waals surface area (Å²) in [5, 5.41) is 5.25. The predicted octanol–water partition coefficient (Wildman–Crippen LogP) is 4.93. The van der Waals surface area contributed by atoms with Crippen molar-refractivity contribution >= 4 is 28.3 Å².